The molecule has 0 fully saturated rings. The average molecular weight is 283 g/mol. The molecule has 0 saturated carbocycles. The number of rotatable bonds is 5. The Labute approximate surface area is 120 Å². The molecule has 3 nitrogen and oxygen atoms in total. The van der Waals surface area contributed by atoms with Crippen LogP contribution in [-0.2, 0) is 11.3 Å². The van der Waals surface area contributed by atoms with E-state index in [1.165, 1.54) is 0 Å². The summed E-state index contributed by atoms with van der Waals surface area (Å²) in [6.07, 6.45) is 0. The average Bonchev–Trinajstić information content (AvgIpc) is 2.33. The molecule has 0 aliphatic rings. The molecule has 1 aromatic carbocycles. The largest absolute Gasteiger partial charge is 0.335 e. The summed E-state index contributed by atoms with van der Waals surface area (Å²) < 4.78 is 0. The Balaban J connectivity index is 2.87. The van der Waals surface area contributed by atoms with Gasteiger partial charge in [-0.15, -0.1) is 0 Å². The van der Waals surface area contributed by atoms with Gasteiger partial charge in [-0.05, 0) is 37.5 Å². The molecule has 1 atom stereocenters. The van der Waals surface area contributed by atoms with Crippen LogP contribution in [0.2, 0.25) is 5.02 Å². The van der Waals surface area contributed by atoms with Crippen molar-refractivity contribution in [3.63, 3.8) is 0 Å². The van der Waals surface area contributed by atoms with Crippen LogP contribution in [0.1, 0.15) is 33.3 Å². The molecule has 0 aliphatic heterocycles. The lowest BCUT2D eigenvalue weighted by atomic mass is 10.0. The summed E-state index contributed by atoms with van der Waals surface area (Å²) in [6.45, 7) is 8.45. The minimum atomic E-state index is -0.457. The normalized spacial score (nSPS) is 12.8. The van der Waals surface area contributed by atoms with Crippen LogP contribution in [0.15, 0.2) is 24.3 Å². The monoisotopic (exact) mass is 282 g/mol. The summed E-state index contributed by atoms with van der Waals surface area (Å²) in [5.41, 5.74) is 6.98. The smallest absolute Gasteiger partial charge is 0.240 e. The van der Waals surface area contributed by atoms with Gasteiger partial charge in [0.25, 0.3) is 0 Å². The Morgan fingerprint density at radius 3 is 2.42 bits per heavy atom. The van der Waals surface area contributed by atoms with Crippen molar-refractivity contribution in [3.05, 3.63) is 34.9 Å². The third-order valence-corrected chi connectivity index (χ3v) is 3.39. The molecular formula is C15H23ClN2O. The number of amides is 1. The Morgan fingerprint density at radius 2 is 1.95 bits per heavy atom. The van der Waals surface area contributed by atoms with Gasteiger partial charge in [0, 0.05) is 17.6 Å². The van der Waals surface area contributed by atoms with E-state index in [0.717, 1.165) is 5.56 Å². The maximum Gasteiger partial charge on any atom is 0.240 e. The first-order chi connectivity index (χ1) is 8.82. The highest BCUT2D eigenvalue weighted by atomic mass is 35.5. The maximum atomic E-state index is 12.4. The van der Waals surface area contributed by atoms with Gasteiger partial charge in [0.05, 0.1) is 6.04 Å². The topological polar surface area (TPSA) is 46.3 Å². The van der Waals surface area contributed by atoms with Crippen molar-refractivity contribution >= 4 is 17.5 Å². The molecule has 0 aromatic heterocycles. The quantitative estimate of drug-likeness (QED) is 0.902. The van der Waals surface area contributed by atoms with E-state index in [-0.39, 0.29) is 17.9 Å². The minimum absolute atomic E-state index is 0.00928. The fourth-order valence-electron chi connectivity index (χ4n) is 1.82. The highest BCUT2D eigenvalue weighted by Gasteiger charge is 2.25. The van der Waals surface area contributed by atoms with Crippen LogP contribution in [0.25, 0.3) is 0 Å². The molecule has 0 unspecified atom stereocenters. The van der Waals surface area contributed by atoms with Crippen molar-refractivity contribution in [1.29, 1.82) is 0 Å². The zero-order valence-electron chi connectivity index (χ0n) is 12.1. The van der Waals surface area contributed by atoms with E-state index in [9.17, 15) is 4.79 Å². The molecule has 0 saturated heterocycles. The highest BCUT2D eigenvalue weighted by Crippen LogP contribution is 2.16. The zero-order chi connectivity index (χ0) is 14.6. The van der Waals surface area contributed by atoms with E-state index in [1.54, 1.807) is 4.90 Å². The van der Waals surface area contributed by atoms with Gasteiger partial charge in [0.1, 0.15) is 0 Å². The minimum Gasteiger partial charge on any atom is -0.335 e. The number of carbonyl (C=O) groups is 1. The van der Waals surface area contributed by atoms with Crippen molar-refractivity contribution in [2.75, 3.05) is 0 Å². The number of carbonyl (C=O) groups excluding carboxylic acids is 1. The number of benzene rings is 1. The third-order valence-electron chi connectivity index (χ3n) is 3.15. The SMILES string of the molecule is CC(C)[C@@H](N)C(=O)N(Cc1cccc(Cl)c1)C(C)C. The number of halogens is 1. The van der Waals surface area contributed by atoms with E-state index in [0.29, 0.717) is 11.6 Å². The molecular weight excluding hydrogens is 260 g/mol. The summed E-state index contributed by atoms with van der Waals surface area (Å²) in [5.74, 6) is 0.123. The number of nitrogens with two attached hydrogens (primary N) is 1. The molecule has 0 bridgehead atoms. The zero-order valence-corrected chi connectivity index (χ0v) is 12.8. The van der Waals surface area contributed by atoms with Crippen molar-refractivity contribution < 1.29 is 4.79 Å². The molecule has 0 aliphatic carbocycles. The van der Waals surface area contributed by atoms with Crippen molar-refractivity contribution in [2.45, 2.75) is 46.3 Å². The first-order valence-corrected chi connectivity index (χ1v) is 7.01. The second kappa shape index (κ2) is 6.92. The van der Waals surface area contributed by atoms with Gasteiger partial charge >= 0.3 is 0 Å². The van der Waals surface area contributed by atoms with Gasteiger partial charge < -0.3 is 10.6 Å². The molecule has 19 heavy (non-hydrogen) atoms. The summed E-state index contributed by atoms with van der Waals surface area (Å²) in [4.78, 5) is 14.2. The Hall–Kier alpha value is -1.06. The van der Waals surface area contributed by atoms with Crippen LogP contribution in [0.3, 0.4) is 0 Å². The van der Waals surface area contributed by atoms with Crippen LogP contribution < -0.4 is 5.73 Å². The molecule has 0 heterocycles. The maximum absolute atomic E-state index is 12.4. The van der Waals surface area contributed by atoms with Crippen LogP contribution in [0.4, 0.5) is 0 Å². The number of hydrogen-bond acceptors (Lipinski definition) is 2. The molecule has 1 amide bonds. The van der Waals surface area contributed by atoms with Gasteiger partial charge in [-0.3, -0.25) is 4.79 Å². The van der Waals surface area contributed by atoms with Gasteiger partial charge in [0.15, 0.2) is 0 Å². The highest BCUT2D eigenvalue weighted by molar-refractivity contribution is 6.30. The van der Waals surface area contributed by atoms with Crippen molar-refractivity contribution in [2.24, 2.45) is 11.7 Å². The molecule has 1 aromatic rings. The Bertz CT molecular complexity index is 432. The first-order valence-electron chi connectivity index (χ1n) is 6.63. The fourth-order valence-corrected chi connectivity index (χ4v) is 2.04. The van der Waals surface area contributed by atoms with Crippen LogP contribution in [0.5, 0.6) is 0 Å². The number of nitrogens with zero attached hydrogens (tertiary/aromatic N) is 1. The number of hydrogen-bond donors (Lipinski definition) is 1. The van der Waals surface area contributed by atoms with E-state index in [1.807, 2.05) is 52.0 Å². The Kier molecular flexibility index (Phi) is 5.83. The summed E-state index contributed by atoms with van der Waals surface area (Å²) in [7, 11) is 0. The van der Waals surface area contributed by atoms with Crippen LogP contribution in [-0.4, -0.2) is 22.9 Å². The lowest BCUT2D eigenvalue weighted by Gasteiger charge is -2.30. The van der Waals surface area contributed by atoms with Gasteiger partial charge in [-0.2, -0.15) is 0 Å². The summed E-state index contributed by atoms with van der Waals surface area (Å²) in [6, 6.07) is 7.22. The van der Waals surface area contributed by atoms with E-state index >= 15 is 0 Å². The molecule has 1 rings (SSSR count). The van der Waals surface area contributed by atoms with Gasteiger partial charge in [0.2, 0.25) is 5.91 Å². The van der Waals surface area contributed by atoms with Crippen molar-refractivity contribution in [3.8, 4) is 0 Å². The lowest BCUT2D eigenvalue weighted by molar-refractivity contribution is -0.136. The molecule has 4 heteroatoms. The predicted octanol–water partition coefficient (Wildman–Crippen LogP) is 3.06. The second-order valence-electron chi connectivity index (χ2n) is 5.46. The second-order valence-corrected chi connectivity index (χ2v) is 5.90. The van der Waals surface area contributed by atoms with E-state index in [4.69, 9.17) is 17.3 Å². The van der Waals surface area contributed by atoms with Gasteiger partial charge in [-0.25, -0.2) is 0 Å². The van der Waals surface area contributed by atoms with Crippen LogP contribution in [0, 0.1) is 5.92 Å². The van der Waals surface area contributed by atoms with E-state index < -0.39 is 6.04 Å². The molecule has 0 radical (unpaired) electrons. The van der Waals surface area contributed by atoms with Gasteiger partial charge in [-0.1, -0.05) is 37.6 Å². The third kappa shape index (κ3) is 4.51. The Morgan fingerprint density at radius 1 is 1.32 bits per heavy atom. The predicted molar refractivity (Wildman–Crippen MR) is 80.0 cm³/mol. The fraction of sp³-hybridized carbons (Fsp3) is 0.533. The molecule has 106 valence electrons. The lowest BCUT2D eigenvalue weighted by Crippen LogP contribution is -2.48. The van der Waals surface area contributed by atoms with E-state index in [2.05, 4.69) is 0 Å². The summed E-state index contributed by atoms with van der Waals surface area (Å²) in [5, 5.41) is 0.682. The standard InChI is InChI=1S/C15H23ClN2O/c1-10(2)14(17)15(19)18(11(3)4)9-12-6-5-7-13(16)8-12/h5-8,10-11,14H,9,17H2,1-4H3/t14-/m1/s1. The molecule has 0 spiro atoms. The molecule has 2 N–H and O–H groups in total. The summed E-state index contributed by atoms with van der Waals surface area (Å²) >= 11 is 5.97. The van der Waals surface area contributed by atoms with Crippen molar-refractivity contribution in [1.82, 2.24) is 4.90 Å². The first kappa shape index (κ1) is 16.0. The van der Waals surface area contributed by atoms with Crippen LogP contribution >= 0.6 is 11.6 Å².